The number of carbonyl (C=O) groups is 1. The highest BCUT2D eigenvalue weighted by atomic mass is 19.1. The first kappa shape index (κ1) is 15.4. The largest absolute Gasteiger partial charge is 0.337 e. The van der Waals surface area contributed by atoms with Crippen LogP contribution in [0, 0.1) is 5.82 Å². The van der Waals surface area contributed by atoms with Crippen LogP contribution in [0.4, 0.5) is 4.39 Å². The lowest BCUT2D eigenvalue weighted by Gasteiger charge is -2.38. The number of benzene rings is 1. The van der Waals surface area contributed by atoms with Gasteiger partial charge in [0, 0.05) is 24.5 Å². The van der Waals surface area contributed by atoms with Crippen LogP contribution in [0.1, 0.15) is 23.9 Å². The Balaban J connectivity index is 1.46. The van der Waals surface area contributed by atoms with Gasteiger partial charge in [0.1, 0.15) is 11.9 Å². The van der Waals surface area contributed by atoms with E-state index in [-0.39, 0.29) is 24.2 Å². The number of rotatable bonds is 4. The number of aromatic nitrogens is 3. The molecule has 1 atom stereocenters. The van der Waals surface area contributed by atoms with Gasteiger partial charge >= 0.3 is 0 Å². The van der Waals surface area contributed by atoms with Crippen LogP contribution in [-0.4, -0.2) is 32.5 Å². The zero-order valence-corrected chi connectivity index (χ0v) is 13.3. The van der Waals surface area contributed by atoms with Gasteiger partial charge in [-0.2, -0.15) is 4.98 Å². The van der Waals surface area contributed by atoms with Gasteiger partial charge in [0.2, 0.25) is 17.6 Å². The summed E-state index contributed by atoms with van der Waals surface area (Å²) in [6.45, 7) is 0.648. The van der Waals surface area contributed by atoms with Gasteiger partial charge in [0.05, 0.1) is 6.42 Å². The molecule has 0 unspecified atom stereocenters. The molecule has 0 bridgehead atoms. The molecular weight excluding hydrogens is 323 g/mol. The summed E-state index contributed by atoms with van der Waals surface area (Å²) in [5.74, 6) is 0.536. The quantitative estimate of drug-likeness (QED) is 0.731. The molecule has 2 aromatic heterocycles. The van der Waals surface area contributed by atoms with Gasteiger partial charge in [-0.05, 0) is 36.2 Å². The Bertz CT molecular complexity index is 880. The number of halogens is 1. The van der Waals surface area contributed by atoms with E-state index in [1.165, 1.54) is 12.1 Å². The average molecular weight is 338 g/mol. The van der Waals surface area contributed by atoms with Crippen molar-refractivity contribution in [1.29, 1.82) is 0 Å². The van der Waals surface area contributed by atoms with E-state index < -0.39 is 0 Å². The maximum atomic E-state index is 13.0. The zero-order valence-electron chi connectivity index (χ0n) is 13.3. The lowest BCUT2D eigenvalue weighted by Crippen LogP contribution is -2.46. The fourth-order valence-corrected chi connectivity index (χ4v) is 2.80. The van der Waals surface area contributed by atoms with Crippen molar-refractivity contribution in [2.45, 2.75) is 18.9 Å². The van der Waals surface area contributed by atoms with E-state index in [9.17, 15) is 9.18 Å². The maximum absolute atomic E-state index is 13.0. The molecule has 0 N–H and O–H groups in total. The minimum Gasteiger partial charge on any atom is -0.337 e. The highest BCUT2D eigenvalue weighted by molar-refractivity contribution is 5.80. The summed E-state index contributed by atoms with van der Waals surface area (Å²) in [4.78, 5) is 22.6. The monoisotopic (exact) mass is 338 g/mol. The smallest absolute Gasteiger partial charge is 0.249 e. The average Bonchev–Trinajstić information content (AvgIpc) is 3.06. The van der Waals surface area contributed by atoms with Crippen molar-refractivity contribution in [3.8, 4) is 11.4 Å². The molecule has 3 aromatic rings. The highest BCUT2D eigenvalue weighted by Crippen LogP contribution is 2.33. The van der Waals surface area contributed by atoms with Crippen molar-refractivity contribution in [2.75, 3.05) is 6.54 Å². The van der Waals surface area contributed by atoms with Crippen molar-refractivity contribution >= 4 is 5.91 Å². The van der Waals surface area contributed by atoms with Crippen LogP contribution in [0.15, 0.2) is 53.3 Å². The van der Waals surface area contributed by atoms with Gasteiger partial charge in [-0.1, -0.05) is 17.3 Å². The first-order valence-electron chi connectivity index (χ1n) is 7.98. The van der Waals surface area contributed by atoms with E-state index in [0.29, 0.717) is 18.3 Å². The molecule has 1 saturated heterocycles. The molecule has 1 aromatic carbocycles. The van der Waals surface area contributed by atoms with Gasteiger partial charge < -0.3 is 9.42 Å². The van der Waals surface area contributed by atoms with Crippen molar-refractivity contribution in [3.05, 3.63) is 66.1 Å². The van der Waals surface area contributed by atoms with Gasteiger partial charge in [0.25, 0.3) is 0 Å². The number of likely N-dealkylation sites (tertiary alicyclic amines) is 1. The van der Waals surface area contributed by atoms with Crippen LogP contribution in [0.25, 0.3) is 11.4 Å². The SMILES string of the molecule is O=C(Cc1ccc(F)cc1)N1CC[C@H]1c1nc(-c2cccnc2)no1. The normalized spacial score (nSPS) is 16.5. The third-order valence-corrected chi connectivity index (χ3v) is 4.26. The second-order valence-electron chi connectivity index (χ2n) is 5.89. The standard InChI is InChI=1S/C18H15FN4O2/c19-14-5-3-12(4-6-14)10-16(24)23-9-7-15(23)18-21-17(22-25-18)13-2-1-8-20-11-13/h1-6,8,11,15H,7,9-10H2/t15-/m0/s1. The van der Waals surface area contributed by atoms with Crippen LogP contribution in [-0.2, 0) is 11.2 Å². The number of amides is 1. The third-order valence-electron chi connectivity index (χ3n) is 4.26. The fraction of sp³-hybridized carbons (Fsp3) is 0.222. The van der Waals surface area contributed by atoms with E-state index in [1.807, 2.05) is 6.07 Å². The summed E-state index contributed by atoms with van der Waals surface area (Å²) in [5, 5.41) is 3.97. The molecule has 0 radical (unpaired) electrons. The van der Waals surface area contributed by atoms with Crippen LogP contribution in [0.5, 0.6) is 0 Å². The molecule has 0 saturated carbocycles. The van der Waals surface area contributed by atoms with Gasteiger partial charge in [-0.15, -0.1) is 0 Å². The molecule has 25 heavy (non-hydrogen) atoms. The fourth-order valence-electron chi connectivity index (χ4n) is 2.80. The van der Waals surface area contributed by atoms with E-state index in [4.69, 9.17) is 4.52 Å². The first-order valence-corrected chi connectivity index (χ1v) is 7.98. The van der Waals surface area contributed by atoms with Crippen molar-refractivity contribution < 1.29 is 13.7 Å². The summed E-state index contributed by atoms with van der Waals surface area (Å²) >= 11 is 0. The predicted octanol–water partition coefficient (Wildman–Crippen LogP) is 2.79. The van der Waals surface area contributed by atoms with Crippen molar-refractivity contribution in [1.82, 2.24) is 20.0 Å². The summed E-state index contributed by atoms with van der Waals surface area (Å²) in [6.07, 6.45) is 4.34. The molecule has 6 nitrogen and oxygen atoms in total. The molecule has 4 rings (SSSR count). The van der Waals surface area contributed by atoms with Crippen LogP contribution in [0.2, 0.25) is 0 Å². The third kappa shape index (κ3) is 3.13. The molecule has 7 heteroatoms. The van der Waals surface area contributed by atoms with E-state index in [2.05, 4.69) is 15.1 Å². The second-order valence-corrected chi connectivity index (χ2v) is 5.89. The molecule has 3 heterocycles. The Morgan fingerprint density at radius 2 is 2.12 bits per heavy atom. The topological polar surface area (TPSA) is 72.1 Å². The zero-order chi connectivity index (χ0) is 17.2. The van der Waals surface area contributed by atoms with Crippen LogP contribution in [0.3, 0.4) is 0 Å². The molecule has 1 aliphatic rings. The summed E-state index contributed by atoms with van der Waals surface area (Å²) in [5.41, 5.74) is 1.54. The molecule has 0 aliphatic carbocycles. The highest BCUT2D eigenvalue weighted by Gasteiger charge is 2.37. The first-order chi connectivity index (χ1) is 12.2. The van der Waals surface area contributed by atoms with Crippen molar-refractivity contribution in [3.63, 3.8) is 0 Å². The predicted molar refractivity (Wildman–Crippen MR) is 86.7 cm³/mol. The van der Waals surface area contributed by atoms with Crippen LogP contribution < -0.4 is 0 Å². The molecule has 1 fully saturated rings. The number of carbonyl (C=O) groups excluding carboxylic acids is 1. The number of hydrogen-bond acceptors (Lipinski definition) is 5. The molecule has 1 amide bonds. The van der Waals surface area contributed by atoms with Gasteiger partial charge in [-0.25, -0.2) is 4.39 Å². The minimum atomic E-state index is -0.313. The lowest BCUT2D eigenvalue weighted by atomic mass is 10.0. The second kappa shape index (κ2) is 6.43. The minimum absolute atomic E-state index is 0.0380. The number of hydrogen-bond donors (Lipinski definition) is 0. The van der Waals surface area contributed by atoms with Gasteiger partial charge in [-0.3, -0.25) is 9.78 Å². The number of pyridine rings is 1. The molecule has 1 aliphatic heterocycles. The Kier molecular flexibility index (Phi) is 3.97. The number of nitrogens with zero attached hydrogens (tertiary/aromatic N) is 4. The van der Waals surface area contributed by atoms with E-state index >= 15 is 0 Å². The molecule has 126 valence electrons. The van der Waals surface area contributed by atoms with Crippen LogP contribution >= 0.6 is 0 Å². The Labute approximate surface area is 143 Å². The van der Waals surface area contributed by atoms with Crippen molar-refractivity contribution in [2.24, 2.45) is 0 Å². The lowest BCUT2D eigenvalue weighted by molar-refractivity contribution is -0.139. The maximum Gasteiger partial charge on any atom is 0.249 e. The summed E-state index contributed by atoms with van der Waals surface area (Å²) < 4.78 is 18.3. The Morgan fingerprint density at radius 3 is 2.80 bits per heavy atom. The van der Waals surface area contributed by atoms with E-state index in [0.717, 1.165) is 17.5 Å². The summed E-state index contributed by atoms with van der Waals surface area (Å²) in [7, 11) is 0. The Morgan fingerprint density at radius 1 is 1.28 bits per heavy atom. The molecule has 0 spiro atoms. The van der Waals surface area contributed by atoms with E-state index in [1.54, 1.807) is 35.5 Å². The van der Waals surface area contributed by atoms with Gasteiger partial charge in [0.15, 0.2) is 0 Å². The Hall–Kier alpha value is -3.09. The molecular formula is C18H15FN4O2. The summed E-state index contributed by atoms with van der Waals surface area (Å²) in [6, 6.07) is 9.39.